The molecule has 24 heavy (non-hydrogen) atoms. The van der Waals surface area contributed by atoms with Crippen LogP contribution in [-0.2, 0) is 40.8 Å². The molecule has 1 aliphatic rings. The van der Waals surface area contributed by atoms with Crippen LogP contribution in [0.25, 0.3) is 0 Å². The SMILES string of the molecule is CC(C)(C)c1ccc2c(C(C)(C)C)c1C(=O)OOOOOOC2=O. The van der Waals surface area contributed by atoms with Gasteiger partial charge in [-0.15, -0.1) is 0 Å². The van der Waals surface area contributed by atoms with Crippen molar-refractivity contribution in [2.24, 2.45) is 0 Å². The van der Waals surface area contributed by atoms with Crippen molar-refractivity contribution >= 4 is 11.9 Å². The molecule has 0 saturated heterocycles. The van der Waals surface area contributed by atoms with Crippen LogP contribution in [0, 0.1) is 0 Å². The average molecular weight is 340 g/mol. The maximum absolute atomic E-state index is 12.6. The van der Waals surface area contributed by atoms with Crippen LogP contribution in [0.2, 0.25) is 0 Å². The van der Waals surface area contributed by atoms with Gasteiger partial charge in [-0.2, -0.15) is 0 Å². The van der Waals surface area contributed by atoms with E-state index in [2.05, 4.69) is 29.9 Å². The molecule has 1 heterocycles. The summed E-state index contributed by atoms with van der Waals surface area (Å²) in [6.45, 7) is 11.4. The molecular weight excluding hydrogens is 320 g/mol. The first kappa shape index (κ1) is 18.3. The third-order valence-corrected chi connectivity index (χ3v) is 3.49. The van der Waals surface area contributed by atoms with Gasteiger partial charge < -0.3 is 0 Å². The Labute approximate surface area is 139 Å². The molecule has 0 saturated carbocycles. The maximum atomic E-state index is 12.6. The molecule has 2 bridgehead atoms. The molecule has 0 aromatic heterocycles. The first-order chi connectivity index (χ1) is 11.0. The second kappa shape index (κ2) is 6.48. The van der Waals surface area contributed by atoms with Crippen LogP contribution in [0.5, 0.6) is 0 Å². The molecule has 1 aliphatic heterocycles. The van der Waals surface area contributed by atoms with Crippen molar-refractivity contribution in [2.75, 3.05) is 0 Å². The van der Waals surface area contributed by atoms with Crippen molar-refractivity contribution in [2.45, 2.75) is 52.4 Å². The summed E-state index contributed by atoms with van der Waals surface area (Å²) in [5.74, 6) is -1.68. The van der Waals surface area contributed by atoms with Crippen molar-refractivity contribution in [3.05, 3.63) is 34.4 Å². The highest BCUT2D eigenvalue weighted by molar-refractivity contribution is 5.99. The lowest BCUT2D eigenvalue weighted by Crippen LogP contribution is -2.27. The topological polar surface area (TPSA) is 89.5 Å². The number of carbonyl (C=O) groups excluding carboxylic acids is 2. The number of fused-ring (bicyclic) bond motifs is 2. The monoisotopic (exact) mass is 340 g/mol. The first-order valence-electron chi connectivity index (χ1n) is 7.31. The van der Waals surface area contributed by atoms with Gasteiger partial charge in [0.1, 0.15) is 0 Å². The van der Waals surface area contributed by atoms with Gasteiger partial charge in [0.25, 0.3) is 0 Å². The fraction of sp³-hybridized carbons (Fsp3) is 0.500. The minimum Gasteiger partial charge on any atom is -0.261 e. The van der Waals surface area contributed by atoms with Crippen molar-refractivity contribution in [1.82, 2.24) is 0 Å². The molecule has 0 unspecified atom stereocenters. The van der Waals surface area contributed by atoms with Gasteiger partial charge in [0, 0.05) is 20.2 Å². The highest BCUT2D eigenvalue weighted by Gasteiger charge is 2.35. The first-order valence-corrected chi connectivity index (χ1v) is 7.31. The Kier molecular flexibility index (Phi) is 4.95. The Morgan fingerprint density at radius 1 is 0.708 bits per heavy atom. The van der Waals surface area contributed by atoms with Crippen LogP contribution in [-0.4, -0.2) is 11.9 Å². The minimum absolute atomic E-state index is 0.146. The smallest absolute Gasteiger partial charge is 0.261 e. The Balaban J connectivity index is 2.82. The van der Waals surface area contributed by atoms with Crippen LogP contribution in [0.1, 0.15) is 73.4 Å². The van der Waals surface area contributed by atoms with E-state index in [1.807, 2.05) is 41.5 Å². The average Bonchev–Trinajstić information content (AvgIpc) is 2.47. The summed E-state index contributed by atoms with van der Waals surface area (Å²) in [4.78, 5) is 33.9. The second-order valence-corrected chi connectivity index (χ2v) is 7.42. The lowest BCUT2D eigenvalue weighted by Gasteiger charge is -2.29. The summed E-state index contributed by atoms with van der Waals surface area (Å²) in [7, 11) is 0. The zero-order valence-electron chi connectivity index (χ0n) is 14.4. The molecule has 0 radical (unpaired) electrons. The predicted octanol–water partition coefficient (Wildman–Crippen LogP) is 3.25. The quantitative estimate of drug-likeness (QED) is 0.665. The summed E-state index contributed by atoms with van der Waals surface area (Å²) < 4.78 is 0. The van der Waals surface area contributed by atoms with E-state index in [9.17, 15) is 9.59 Å². The molecule has 0 spiro atoms. The molecule has 0 atom stereocenters. The molecule has 1 aromatic carbocycles. The Morgan fingerprint density at radius 2 is 1.25 bits per heavy atom. The Hall–Kier alpha value is -2.00. The van der Waals surface area contributed by atoms with Gasteiger partial charge >= 0.3 is 11.9 Å². The fourth-order valence-electron chi connectivity index (χ4n) is 2.59. The lowest BCUT2D eigenvalue weighted by molar-refractivity contribution is -0.740. The molecule has 2 rings (SSSR count). The third-order valence-electron chi connectivity index (χ3n) is 3.49. The van der Waals surface area contributed by atoms with Gasteiger partial charge in [-0.3, -0.25) is 9.78 Å². The van der Waals surface area contributed by atoms with Crippen molar-refractivity contribution in [3.8, 4) is 0 Å². The molecule has 8 nitrogen and oxygen atoms in total. The summed E-state index contributed by atoms with van der Waals surface area (Å²) in [6.07, 6.45) is 0. The van der Waals surface area contributed by atoms with Gasteiger partial charge in [-0.25, -0.2) is 9.59 Å². The molecular formula is C16H20O8. The normalized spacial score (nSPS) is 16.9. The molecule has 0 N–H and O–H groups in total. The van der Waals surface area contributed by atoms with E-state index in [1.54, 1.807) is 12.1 Å². The van der Waals surface area contributed by atoms with Gasteiger partial charge in [-0.05, 0) is 28.0 Å². The van der Waals surface area contributed by atoms with Gasteiger partial charge in [0.15, 0.2) is 0 Å². The number of rotatable bonds is 0. The van der Waals surface area contributed by atoms with Crippen molar-refractivity contribution < 1.29 is 39.5 Å². The van der Waals surface area contributed by atoms with Crippen LogP contribution in [0.3, 0.4) is 0 Å². The van der Waals surface area contributed by atoms with E-state index in [0.717, 1.165) is 0 Å². The van der Waals surface area contributed by atoms with E-state index < -0.39 is 22.8 Å². The van der Waals surface area contributed by atoms with Gasteiger partial charge in [-0.1, -0.05) is 47.6 Å². The lowest BCUT2D eigenvalue weighted by atomic mass is 9.74. The van der Waals surface area contributed by atoms with Gasteiger partial charge in [0.2, 0.25) is 0 Å². The molecule has 8 heteroatoms. The predicted molar refractivity (Wildman–Crippen MR) is 79.0 cm³/mol. The minimum atomic E-state index is -0.847. The molecule has 132 valence electrons. The second-order valence-electron chi connectivity index (χ2n) is 7.42. The van der Waals surface area contributed by atoms with E-state index in [1.165, 1.54) is 0 Å². The van der Waals surface area contributed by atoms with Crippen LogP contribution in [0.4, 0.5) is 0 Å². The number of hydrogen-bond donors (Lipinski definition) is 0. The Morgan fingerprint density at radius 3 is 1.75 bits per heavy atom. The summed E-state index contributed by atoms with van der Waals surface area (Å²) >= 11 is 0. The van der Waals surface area contributed by atoms with E-state index in [0.29, 0.717) is 11.1 Å². The third kappa shape index (κ3) is 3.73. The number of hydrogen-bond acceptors (Lipinski definition) is 8. The van der Waals surface area contributed by atoms with Crippen molar-refractivity contribution in [3.63, 3.8) is 0 Å². The largest absolute Gasteiger partial charge is 0.377 e. The summed E-state index contributed by atoms with van der Waals surface area (Å²) in [5, 5.41) is 16.2. The zero-order chi connectivity index (χ0) is 18.1. The molecule has 0 fully saturated rings. The van der Waals surface area contributed by atoms with Crippen LogP contribution >= 0.6 is 0 Å². The summed E-state index contributed by atoms with van der Waals surface area (Å²) in [5.41, 5.74) is 0.491. The number of benzene rings is 1. The standard InChI is InChI=1S/C16H20O8/c1-15(2,3)10-8-7-9-12(16(4,5)6)11(10)14(18)20-22-24-23-21-19-13(9)17/h7-8H,1-6H3. The van der Waals surface area contributed by atoms with E-state index in [-0.39, 0.29) is 11.1 Å². The zero-order valence-corrected chi connectivity index (χ0v) is 14.4. The van der Waals surface area contributed by atoms with E-state index in [4.69, 9.17) is 0 Å². The summed E-state index contributed by atoms with van der Waals surface area (Å²) in [6, 6.07) is 3.24. The van der Waals surface area contributed by atoms with E-state index >= 15 is 0 Å². The van der Waals surface area contributed by atoms with Crippen LogP contribution in [0.15, 0.2) is 12.1 Å². The number of carbonyl (C=O) groups is 2. The maximum Gasteiger partial charge on any atom is 0.377 e. The molecule has 0 aliphatic carbocycles. The fourth-order valence-corrected chi connectivity index (χ4v) is 2.59. The Bertz CT molecular complexity index is 651. The molecule has 0 amide bonds. The van der Waals surface area contributed by atoms with Gasteiger partial charge in [0.05, 0.1) is 11.1 Å². The highest BCUT2D eigenvalue weighted by atomic mass is 17.8. The van der Waals surface area contributed by atoms with Crippen molar-refractivity contribution in [1.29, 1.82) is 0 Å². The highest BCUT2D eigenvalue weighted by Crippen LogP contribution is 2.37. The molecule has 1 aromatic rings. The van der Waals surface area contributed by atoms with Crippen LogP contribution < -0.4 is 0 Å².